The van der Waals surface area contributed by atoms with Crippen molar-refractivity contribution in [3.63, 3.8) is 0 Å². The van der Waals surface area contributed by atoms with Gasteiger partial charge in [0.15, 0.2) is 5.13 Å². The third kappa shape index (κ3) is 5.49. The van der Waals surface area contributed by atoms with Crippen molar-refractivity contribution in [2.45, 2.75) is 19.8 Å². The number of carbonyl (C=O) groups is 3. The lowest BCUT2D eigenvalue weighted by atomic mass is 10.2. The number of rotatable bonds is 5. The van der Waals surface area contributed by atoms with Gasteiger partial charge in [-0.05, 0) is 18.6 Å². The van der Waals surface area contributed by atoms with E-state index in [1.54, 1.807) is 41.2 Å². The maximum Gasteiger partial charge on any atom is 0.325 e. The number of nitrogens with zero attached hydrogens (tertiary/aromatic N) is 4. The molecule has 0 atom stereocenters. The van der Waals surface area contributed by atoms with Crippen LogP contribution < -0.4 is 10.6 Å². The monoisotopic (exact) mass is 402 g/mol. The van der Waals surface area contributed by atoms with Crippen LogP contribution in [0, 0.1) is 0 Å². The SMILES string of the molecule is CC(=O)N1CCN(C(=O)CCc2csc(NC(=O)Nc3ccncc3)n2)CC1. The second kappa shape index (κ2) is 9.27. The van der Waals surface area contributed by atoms with Crippen molar-refractivity contribution in [2.75, 3.05) is 36.8 Å². The van der Waals surface area contributed by atoms with Crippen LogP contribution in [0.2, 0.25) is 0 Å². The molecule has 1 aliphatic rings. The Morgan fingerprint density at radius 3 is 2.43 bits per heavy atom. The predicted octanol–water partition coefficient (Wildman–Crippen LogP) is 1.81. The van der Waals surface area contributed by atoms with Crippen LogP contribution in [-0.2, 0) is 16.0 Å². The lowest BCUT2D eigenvalue weighted by molar-refractivity contribution is -0.138. The third-order valence-electron chi connectivity index (χ3n) is 4.38. The van der Waals surface area contributed by atoms with Crippen molar-refractivity contribution >= 4 is 40.0 Å². The fourth-order valence-electron chi connectivity index (χ4n) is 2.84. The molecule has 9 nitrogen and oxygen atoms in total. The van der Waals surface area contributed by atoms with Gasteiger partial charge in [0, 0.05) is 63.0 Å². The maximum absolute atomic E-state index is 12.3. The van der Waals surface area contributed by atoms with E-state index in [9.17, 15) is 14.4 Å². The molecule has 0 spiro atoms. The van der Waals surface area contributed by atoms with Gasteiger partial charge in [0.1, 0.15) is 0 Å². The van der Waals surface area contributed by atoms with Crippen molar-refractivity contribution in [2.24, 2.45) is 0 Å². The van der Waals surface area contributed by atoms with E-state index in [0.29, 0.717) is 49.8 Å². The van der Waals surface area contributed by atoms with Crippen molar-refractivity contribution in [3.05, 3.63) is 35.6 Å². The minimum atomic E-state index is -0.383. The average Bonchev–Trinajstić information content (AvgIpc) is 3.14. The minimum Gasteiger partial charge on any atom is -0.339 e. The van der Waals surface area contributed by atoms with Gasteiger partial charge in [-0.15, -0.1) is 11.3 Å². The Morgan fingerprint density at radius 1 is 1.07 bits per heavy atom. The van der Waals surface area contributed by atoms with E-state index < -0.39 is 0 Å². The van der Waals surface area contributed by atoms with Crippen LogP contribution >= 0.6 is 11.3 Å². The number of thiazole rings is 1. The number of pyridine rings is 1. The van der Waals surface area contributed by atoms with Crippen LogP contribution in [-0.4, -0.2) is 63.8 Å². The van der Waals surface area contributed by atoms with Crippen molar-refractivity contribution < 1.29 is 14.4 Å². The third-order valence-corrected chi connectivity index (χ3v) is 5.19. The quantitative estimate of drug-likeness (QED) is 0.793. The van der Waals surface area contributed by atoms with Gasteiger partial charge in [0.05, 0.1) is 5.69 Å². The number of amides is 4. The summed E-state index contributed by atoms with van der Waals surface area (Å²) in [6, 6.07) is 3.00. The fraction of sp³-hybridized carbons (Fsp3) is 0.389. The van der Waals surface area contributed by atoms with Crippen LogP contribution in [0.4, 0.5) is 15.6 Å². The molecule has 0 aliphatic carbocycles. The molecule has 0 bridgehead atoms. The Kier molecular flexibility index (Phi) is 6.53. The molecule has 28 heavy (non-hydrogen) atoms. The van der Waals surface area contributed by atoms with Crippen LogP contribution in [0.1, 0.15) is 19.0 Å². The number of nitrogens with one attached hydrogen (secondary N) is 2. The maximum atomic E-state index is 12.3. The highest BCUT2D eigenvalue weighted by Crippen LogP contribution is 2.17. The molecular weight excluding hydrogens is 380 g/mol. The first kappa shape index (κ1) is 19.7. The van der Waals surface area contributed by atoms with Crippen molar-refractivity contribution in [3.8, 4) is 0 Å². The summed E-state index contributed by atoms with van der Waals surface area (Å²) in [6.07, 6.45) is 4.05. The number of aromatic nitrogens is 2. The van der Waals surface area contributed by atoms with Gasteiger partial charge in [-0.25, -0.2) is 9.78 Å². The van der Waals surface area contributed by atoms with E-state index in [1.165, 1.54) is 11.3 Å². The second-order valence-corrected chi connectivity index (χ2v) is 7.20. The Morgan fingerprint density at radius 2 is 1.75 bits per heavy atom. The number of carbonyl (C=O) groups excluding carboxylic acids is 3. The van der Waals surface area contributed by atoms with Crippen LogP contribution in [0.3, 0.4) is 0 Å². The number of hydrogen-bond donors (Lipinski definition) is 2. The summed E-state index contributed by atoms with van der Waals surface area (Å²) in [4.78, 5) is 47.4. The van der Waals surface area contributed by atoms with Crippen LogP contribution in [0.15, 0.2) is 29.9 Å². The van der Waals surface area contributed by atoms with Gasteiger partial charge in [-0.1, -0.05) is 0 Å². The molecule has 1 aliphatic heterocycles. The van der Waals surface area contributed by atoms with Gasteiger partial charge in [-0.2, -0.15) is 0 Å². The highest BCUT2D eigenvalue weighted by Gasteiger charge is 2.22. The van der Waals surface area contributed by atoms with E-state index in [2.05, 4.69) is 20.6 Å². The first-order valence-corrected chi connectivity index (χ1v) is 9.85. The molecule has 2 aromatic rings. The summed E-state index contributed by atoms with van der Waals surface area (Å²) >= 11 is 1.31. The molecule has 2 aromatic heterocycles. The lowest BCUT2D eigenvalue weighted by Gasteiger charge is -2.34. The number of hydrogen-bond acceptors (Lipinski definition) is 6. The van der Waals surface area contributed by atoms with Gasteiger partial charge in [0.25, 0.3) is 0 Å². The summed E-state index contributed by atoms with van der Waals surface area (Å²) in [5.74, 6) is 0.101. The molecule has 1 fully saturated rings. The summed E-state index contributed by atoms with van der Waals surface area (Å²) < 4.78 is 0. The summed E-state index contributed by atoms with van der Waals surface area (Å²) in [5, 5.41) is 7.69. The van der Waals surface area contributed by atoms with Crippen LogP contribution in [0.5, 0.6) is 0 Å². The second-order valence-electron chi connectivity index (χ2n) is 6.35. The molecule has 3 heterocycles. The molecule has 0 aromatic carbocycles. The van der Waals surface area contributed by atoms with Gasteiger partial charge in [0.2, 0.25) is 11.8 Å². The average molecular weight is 402 g/mol. The zero-order chi connectivity index (χ0) is 19.9. The van der Waals surface area contributed by atoms with Gasteiger partial charge >= 0.3 is 6.03 Å². The molecular formula is C18H22N6O3S. The molecule has 2 N–H and O–H groups in total. The predicted molar refractivity (Wildman–Crippen MR) is 106 cm³/mol. The smallest absolute Gasteiger partial charge is 0.325 e. The van der Waals surface area contributed by atoms with E-state index in [1.807, 2.05) is 5.38 Å². The highest BCUT2D eigenvalue weighted by molar-refractivity contribution is 7.13. The minimum absolute atomic E-state index is 0.0440. The Bertz CT molecular complexity index is 833. The van der Waals surface area contributed by atoms with Gasteiger partial charge in [-0.3, -0.25) is 19.9 Å². The van der Waals surface area contributed by atoms with Crippen molar-refractivity contribution in [1.82, 2.24) is 19.8 Å². The van der Waals surface area contributed by atoms with E-state index in [-0.39, 0.29) is 17.8 Å². The number of piperazine rings is 1. The first-order valence-electron chi connectivity index (χ1n) is 8.97. The van der Waals surface area contributed by atoms with E-state index in [0.717, 1.165) is 5.69 Å². The van der Waals surface area contributed by atoms with E-state index in [4.69, 9.17) is 0 Å². The number of aryl methyl sites for hydroxylation is 1. The molecule has 148 valence electrons. The summed E-state index contributed by atoms with van der Waals surface area (Å²) in [6.45, 7) is 3.84. The highest BCUT2D eigenvalue weighted by atomic mass is 32.1. The van der Waals surface area contributed by atoms with Crippen LogP contribution in [0.25, 0.3) is 0 Å². The van der Waals surface area contributed by atoms with Gasteiger partial charge < -0.3 is 15.1 Å². The zero-order valence-corrected chi connectivity index (χ0v) is 16.4. The molecule has 1 saturated heterocycles. The zero-order valence-electron chi connectivity index (χ0n) is 15.6. The molecule has 0 unspecified atom stereocenters. The Hall–Kier alpha value is -3.01. The van der Waals surface area contributed by atoms with E-state index >= 15 is 0 Å². The Balaban J connectivity index is 1.42. The Labute approximate surface area is 166 Å². The topological polar surface area (TPSA) is 108 Å². The molecule has 10 heteroatoms. The number of urea groups is 1. The molecule has 0 saturated carbocycles. The normalized spacial score (nSPS) is 13.9. The lowest BCUT2D eigenvalue weighted by Crippen LogP contribution is -2.50. The standard InChI is InChI=1S/C18H22N6O3S/c1-13(25)23-8-10-24(11-9-23)16(26)3-2-15-12-28-18(21-15)22-17(27)20-14-4-6-19-7-5-14/h4-7,12H,2-3,8-11H2,1H3,(H2,19,20,21,22,27). The molecule has 0 radical (unpaired) electrons. The number of anilines is 2. The fourth-order valence-corrected chi connectivity index (χ4v) is 3.58. The first-order chi connectivity index (χ1) is 13.5. The molecule has 3 rings (SSSR count). The summed E-state index contributed by atoms with van der Waals surface area (Å²) in [5.41, 5.74) is 1.40. The van der Waals surface area contributed by atoms with Crippen molar-refractivity contribution in [1.29, 1.82) is 0 Å². The molecule has 4 amide bonds. The largest absolute Gasteiger partial charge is 0.339 e. The summed E-state index contributed by atoms with van der Waals surface area (Å²) in [7, 11) is 0.